The number of nitrogens with two attached hydrogens (primary N) is 1. The lowest BCUT2D eigenvalue weighted by atomic mass is 10.2. The van der Waals surface area contributed by atoms with E-state index in [9.17, 15) is 0 Å². The van der Waals surface area contributed by atoms with Crippen LogP contribution in [0.1, 0.15) is 5.56 Å². The molecule has 12 heavy (non-hydrogen) atoms. The molecule has 1 rings (SSSR count). The molecule has 4 heteroatoms. The summed E-state index contributed by atoms with van der Waals surface area (Å²) in [6, 6.07) is 5.52. The lowest BCUT2D eigenvalue weighted by molar-refractivity contribution is 1.46. The van der Waals surface area contributed by atoms with Crippen molar-refractivity contribution in [2.24, 2.45) is 5.73 Å². The standard InChI is InChI=1S/C8H9ClN2S/c1-5-4-6(11-8(10)12)2-3-7(5)9/h2-4H,1H3,(H3,10,11,12). The topological polar surface area (TPSA) is 38.0 Å². The van der Waals surface area contributed by atoms with Crippen molar-refractivity contribution in [3.8, 4) is 0 Å². The Balaban J connectivity index is 2.89. The van der Waals surface area contributed by atoms with Crippen molar-refractivity contribution >= 4 is 34.6 Å². The van der Waals surface area contributed by atoms with Crippen LogP contribution in [0.25, 0.3) is 0 Å². The summed E-state index contributed by atoms with van der Waals surface area (Å²) in [4.78, 5) is 0. The number of rotatable bonds is 1. The summed E-state index contributed by atoms with van der Waals surface area (Å²) in [5.41, 5.74) is 7.16. The predicted octanol–water partition coefficient (Wildman–Crippen LogP) is 2.30. The molecule has 0 saturated heterocycles. The summed E-state index contributed by atoms with van der Waals surface area (Å²) in [6.07, 6.45) is 0. The molecule has 1 aromatic rings. The number of thiocarbonyl (C=S) groups is 1. The number of benzene rings is 1. The Labute approximate surface area is 81.7 Å². The van der Waals surface area contributed by atoms with E-state index in [0.29, 0.717) is 0 Å². The smallest absolute Gasteiger partial charge is 0.168 e. The van der Waals surface area contributed by atoms with E-state index < -0.39 is 0 Å². The summed E-state index contributed by atoms with van der Waals surface area (Å²) in [7, 11) is 0. The zero-order valence-electron chi connectivity index (χ0n) is 6.60. The van der Waals surface area contributed by atoms with Crippen LogP contribution in [0, 0.1) is 6.92 Å². The van der Waals surface area contributed by atoms with Crippen molar-refractivity contribution < 1.29 is 0 Å². The Hall–Kier alpha value is -0.800. The minimum Gasteiger partial charge on any atom is -0.376 e. The molecule has 0 aliphatic heterocycles. The zero-order valence-corrected chi connectivity index (χ0v) is 8.17. The molecule has 0 amide bonds. The highest BCUT2D eigenvalue weighted by molar-refractivity contribution is 7.80. The lowest BCUT2D eigenvalue weighted by Gasteiger charge is -2.04. The molecule has 0 atom stereocenters. The van der Waals surface area contributed by atoms with E-state index in [1.165, 1.54) is 0 Å². The van der Waals surface area contributed by atoms with Crippen LogP contribution in [0.2, 0.25) is 5.02 Å². The SMILES string of the molecule is Cc1cc(NC(N)=S)ccc1Cl. The summed E-state index contributed by atoms with van der Waals surface area (Å²) >= 11 is 10.5. The van der Waals surface area contributed by atoms with Crippen LogP contribution in [0.4, 0.5) is 5.69 Å². The second-order valence-corrected chi connectivity index (χ2v) is 3.30. The van der Waals surface area contributed by atoms with Gasteiger partial charge in [-0.3, -0.25) is 0 Å². The number of anilines is 1. The van der Waals surface area contributed by atoms with Gasteiger partial charge in [0.15, 0.2) is 5.11 Å². The van der Waals surface area contributed by atoms with Gasteiger partial charge in [-0.05, 0) is 42.9 Å². The van der Waals surface area contributed by atoms with Crippen LogP contribution < -0.4 is 11.1 Å². The Morgan fingerprint density at radius 3 is 2.75 bits per heavy atom. The number of hydrogen-bond acceptors (Lipinski definition) is 1. The Bertz CT molecular complexity index is 312. The molecule has 64 valence electrons. The van der Waals surface area contributed by atoms with Crippen molar-refractivity contribution in [1.29, 1.82) is 0 Å². The minimum absolute atomic E-state index is 0.261. The van der Waals surface area contributed by atoms with E-state index in [1.54, 1.807) is 6.07 Å². The van der Waals surface area contributed by atoms with Crippen molar-refractivity contribution in [3.63, 3.8) is 0 Å². The number of halogens is 1. The molecule has 0 bridgehead atoms. The first-order valence-corrected chi connectivity index (χ1v) is 4.21. The highest BCUT2D eigenvalue weighted by Crippen LogP contribution is 2.18. The molecule has 0 spiro atoms. The van der Waals surface area contributed by atoms with Crippen molar-refractivity contribution in [2.45, 2.75) is 6.92 Å². The molecule has 0 radical (unpaired) electrons. The first kappa shape index (κ1) is 9.29. The second-order valence-electron chi connectivity index (χ2n) is 2.45. The molecular formula is C8H9ClN2S. The van der Waals surface area contributed by atoms with E-state index in [2.05, 4.69) is 17.5 Å². The van der Waals surface area contributed by atoms with Gasteiger partial charge in [-0.15, -0.1) is 0 Å². The lowest BCUT2D eigenvalue weighted by Crippen LogP contribution is -2.18. The van der Waals surface area contributed by atoms with Crippen LogP contribution in [0.15, 0.2) is 18.2 Å². The quantitative estimate of drug-likeness (QED) is 0.684. The van der Waals surface area contributed by atoms with Crippen LogP contribution in [-0.2, 0) is 0 Å². The van der Waals surface area contributed by atoms with Crippen molar-refractivity contribution in [3.05, 3.63) is 28.8 Å². The first-order valence-electron chi connectivity index (χ1n) is 3.42. The van der Waals surface area contributed by atoms with Gasteiger partial charge in [-0.1, -0.05) is 11.6 Å². The minimum atomic E-state index is 0.261. The molecule has 0 unspecified atom stereocenters. The summed E-state index contributed by atoms with van der Waals surface area (Å²) < 4.78 is 0. The monoisotopic (exact) mass is 200 g/mol. The van der Waals surface area contributed by atoms with Crippen LogP contribution in [0.5, 0.6) is 0 Å². The van der Waals surface area contributed by atoms with Gasteiger partial charge in [0, 0.05) is 10.7 Å². The Morgan fingerprint density at radius 2 is 2.25 bits per heavy atom. The number of nitrogens with one attached hydrogen (secondary N) is 1. The highest BCUT2D eigenvalue weighted by atomic mass is 35.5. The number of hydrogen-bond donors (Lipinski definition) is 2. The third-order valence-electron chi connectivity index (χ3n) is 1.43. The highest BCUT2D eigenvalue weighted by Gasteiger charge is 1.96. The van der Waals surface area contributed by atoms with Gasteiger partial charge in [-0.25, -0.2) is 0 Å². The molecular weight excluding hydrogens is 192 g/mol. The van der Waals surface area contributed by atoms with E-state index in [1.807, 2.05) is 19.1 Å². The molecule has 0 aromatic heterocycles. The molecule has 2 nitrogen and oxygen atoms in total. The molecule has 1 aromatic carbocycles. The van der Waals surface area contributed by atoms with E-state index in [-0.39, 0.29) is 5.11 Å². The molecule has 0 heterocycles. The fraction of sp³-hybridized carbons (Fsp3) is 0.125. The fourth-order valence-corrected chi connectivity index (χ4v) is 1.10. The molecule has 0 fully saturated rings. The summed E-state index contributed by atoms with van der Waals surface area (Å²) in [6.45, 7) is 1.92. The largest absolute Gasteiger partial charge is 0.376 e. The Kier molecular flexibility index (Phi) is 2.89. The molecule has 3 N–H and O–H groups in total. The van der Waals surface area contributed by atoms with Gasteiger partial charge < -0.3 is 11.1 Å². The van der Waals surface area contributed by atoms with E-state index in [4.69, 9.17) is 17.3 Å². The number of aryl methyl sites for hydroxylation is 1. The van der Waals surface area contributed by atoms with Gasteiger partial charge in [0.1, 0.15) is 0 Å². The van der Waals surface area contributed by atoms with E-state index in [0.717, 1.165) is 16.3 Å². The van der Waals surface area contributed by atoms with Gasteiger partial charge >= 0.3 is 0 Å². The predicted molar refractivity (Wildman–Crippen MR) is 56.6 cm³/mol. The molecule has 0 aliphatic carbocycles. The summed E-state index contributed by atoms with van der Waals surface area (Å²) in [5, 5.41) is 3.82. The van der Waals surface area contributed by atoms with Crippen molar-refractivity contribution in [1.82, 2.24) is 0 Å². The maximum Gasteiger partial charge on any atom is 0.168 e. The zero-order chi connectivity index (χ0) is 9.14. The third kappa shape index (κ3) is 2.36. The first-order chi connectivity index (χ1) is 5.59. The normalized spacial score (nSPS) is 9.50. The third-order valence-corrected chi connectivity index (χ3v) is 1.95. The maximum absolute atomic E-state index is 5.83. The van der Waals surface area contributed by atoms with Crippen LogP contribution in [-0.4, -0.2) is 5.11 Å². The van der Waals surface area contributed by atoms with Crippen molar-refractivity contribution in [2.75, 3.05) is 5.32 Å². The molecule has 0 saturated carbocycles. The van der Waals surface area contributed by atoms with E-state index >= 15 is 0 Å². The van der Waals surface area contributed by atoms with Crippen LogP contribution >= 0.6 is 23.8 Å². The van der Waals surface area contributed by atoms with Gasteiger partial charge in [0.05, 0.1) is 0 Å². The summed E-state index contributed by atoms with van der Waals surface area (Å²) in [5.74, 6) is 0. The Morgan fingerprint density at radius 1 is 1.58 bits per heavy atom. The maximum atomic E-state index is 5.83. The van der Waals surface area contributed by atoms with Gasteiger partial charge in [0.25, 0.3) is 0 Å². The second kappa shape index (κ2) is 3.74. The van der Waals surface area contributed by atoms with Crippen LogP contribution in [0.3, 0.4) is 0 Å². The average molecular weight is 201 g/mol. The van der Waals surface area contributed by atoms with Gasteiger partial charge in [0.2, 0.25) is 0 Å². The fourth-order valence-electron chi connectivity index (χ4n) is 0.865. The van der Waals surface area contributed by atoms with Gasteiger partial charge in [-0.2, -0.15) is 0 Å². The molecule has 0 aliphatic rings. The average Bonchev–Trinajstić information content (AvgIpc) is 1.96.